The van der Waals surface area contributed by atoms with Crippen LogP contribution in [-0.4, -0.2) is 20.6 Å². The molecule has 2 aromatic rings. The minimum absolute atomic E-state index is 0.194. The number of rotatable bonds is 5. The Labute approximate surface area is 135 Å². The summed E-state index contributed by atoms with van der Waals surface area (Å²) in [6.45, 7) is 4.12. The zero-order chi connectivity index (χ0) is 16.3. The van der Waals surface area contributed by atoms with Crippen LogP contribution in [0.4, 0.5) is 5.69 Å². The molecular weight excluding hydrogens is 318 g/mol. The molecule has 4 nitrogen and oxygen atoms in total. The maximum atomic E-state index is 12.3. The second-order valence-electron chi connectivity index (χ2n) is 5.20. The standard InChI is InChI=1S/C16H19NO3S2/c1-4-6-12-9-15(21-11(12)2)16(18)17-13-7-5-8-14(10-13)22(3,19)20/h5,7-10H,4,6H2,1-3H3,(H,17,18). The van der Waals surface area contributed by atoms with E-state index >= 15 is 0 Å². The number of hydrogen-bond donors (Lipinski definition) is 1. The second kappa shape index (κ2) is 6.62. The van der Waals surface area contributed by atoms with E-state index in [0.29, 0.717) is 10.6 Å². The van der Waals surface area contributed by atoms with Gasteiger partial charge in [-0.1, -0.05) is 19.4 Å². The third-order valence-electron chi connectivity index (χ3n) is 3.28. The van der Waals surface area contributed by atoms with Crippen LogP contribution in [0.15, 0.2) is 35.2 Å². The van der Waals surface area contributed by atoms with Crippen molar-refractivity contribution in [3.8, 4) is 0 Å². The van der Waals surface area contributed by atoms with Gasteiger partial charge in [0, 0.05) is 16.8 Å². The Balaban J connectivity index is 2.20. The van der Waals surface area contributed by atoms with Crippen molar-refractivity contribution in [3.63, 3.8) is 0 Å². The smallest absolute Gasteiger partial charge is 0.265 e. The fraction of sp³-hybridized carbons (Fsp3) is 0.312. The van der Waals surface area contributed by atoms with Crippen LogP contribution in [0.2, 0.25) is 0 Å². The maximum Gasteiger partial charge on any atom is 0.265 e. The molecule has 0 saturated carbocycles. The molecule has 1 aromatic heterocycles. The van der Waals surface area contributed by atoms with Gasteiger partial charge >= 0.3 is 0 Å². The van der Waals surface area contributed by atoms with Crippen LogP contribution in [-0.2, 0) is 16.3 Å². The van der Waals surface area contributed by atoms with E-state index in [1.807, 2.05) is 13.0 Å². The van der Waals surface area contributed by atoms with E-state index in [1.54, 1.807) is 12.1 Å². The Bertz CT molecular complexity index is 791. The Hall–Kier alpha value is -1.66. The predicted molar refractivity (Wildman–Crippen MR) is 90.6 cm³/mol. The van der Waals surface area contributed by atoms with Gasteiger partial charge in [-0.2, -0.15) is 0 Å². The van der Waals surface area contributed by atoms with Crippen molar-refractivity contribution >= 4 is 32.8 Å². The molecule has 0 bridgehead atoms. The molecule has 0 aliphatic rings. The number of carbonyl (C=O) groups is 1. The number of hydrogen-bond acceptors (Lipinski definition) is 4. The highest BCUT2D eigenvalue weighted by molar-refractivity contribution is 7.90. The fourth-order valence-corrected chi connectivity index (χ4v) is 3.78. The molecule has 0 spiro atoms. The van der Waals surface area contributed by atoms with Gasteiger partial charge in [-0.15, -0.1) is 11.3 Å². The van der Waals surface area contributed by atoms with Gasteiger partial charge < -0.3 is 5.32 Å². The van der Waals surface area contributed by atoms with Crippen LogP contribution in [0, 0.1) is 6.92 Å². The molecule has 0 radical (unpaired) electrons. The maximum absolute atomic E-state index is 12.3. The van der Waals surface area contributed by atoms with Crippen LogP contribution >= 0.6 is 11.3 Å². The summed E-state index contributed by atoms with van der Waals surface area (Å²) in [5.41, 5.74) is 1.68. The molecule has 0 aliphatic heterocycles. The lowest BCUT2D eigenvalue weighted by Crippen LogP contribution is -2.10. The number of nitrogens with one attached hydrogen (secondary N) is 1. The van der Waals surface area contributed by atoms with E-state index in [2.05, 4.69) is 12.2 Å². The topological polar surface area (TPSA) is 63.2 Å². The summed E-state index contributed by atoms with van der Waals surface area (Å²) in [5, 5.41) is 2.76. The number of anilines is 1. The van der Waals surface area contributed by atoms with Gasteiger partial charge in [0.05, 0.1) is 9.77 Å². The zero-order valence-corrected chi connectivity index (χ0v) is 14.5. The molecule has 0 aliphatic carbocycles. The van der Waals surface area contributed by atoms with Gasteiger partial charge in [-0.05, 0) is 43.2 Å². The predicted octanol–water partition coefficient (Wildman–Crippen LogP) is 3.66. The molecule has 1 aromatic carbocycles. The highest BCUT2D eigenvalue weighted by atomic mass is 32.2. The highest BCUT2D eigenvalue weighted by Crippen LogP contribution is 2.24. The first kappa shape index (κ1) is 16.7. The van der Waals surface area contributed by atoms with Crippen molar-refractivity contribution in [1.82, 2.24) is 0 Å². The number of carbonyl (C=O) groups excluding carboxylic acids is 1. The van der Waals surface area contributed by atoms with Crippen LogP contribution in [0.5, 0.6) is 0 Å². The van der Waals surface area contributed by atoms with E-state index in [-0.39, 0.29) is 10.8 Å². The lowest BCUT2D eigenvalue weighted by Gasteiger charge is -2.05. The average Bonchev–Trinajstić information content (AvgIpc) is 2.80. The Morgan fingerprint density at radius 1 is 1.27 bits per heavy atom. The van der Waals surface area contributed by atoms with Gasteiger partial charge in [0.2, 0.25) is 0 Å². The highest BCUT2D eigenvalue weighted by Gasteiger charge is 2.13. The summed E-state index contributed by atoms with van der Waals surface area (Å²) in [6, 6.07) is 8.20. The largest absolute Gasteiger partial charge is 0.321 e. The summed E-state index contributed by atoms with van der Waals surface area (Å²) in [4.78, 5) is 14.3. The Morgan fingerprint density at radius 2 is 2.00 bits per heavy atom. The van der Waals surface area contributed by atoms with Crippen LogP contribution in [0.3, 0.4) is 0 Å². The Morgan fingerprint density at radius 3 is 2.64 bits per heavy atom. The molecule has 0 saturated heterocycles. The summed E-state index contributed by atoms with van der Waals surface area (Å²) in [5.74, 6) is -0.207. The lowest BCUT2D eigenvalue weighted by molar-refractivity contribution is 0.103. The van der Waals surface area contributed by atoms with Crippen molar-refractivity contribution in [2.24, 2.45) is 0 Å². The number of thiophene rings is 1. The fourth-order valence-electron chi connectivity index (χ4n) is 2.15. The van der Waals surface area contributed by atoms with Gasteiger partial charge in [-0.25, -0.2) is 8.42 Å². The molecule has 1 heterocycles. The van der Waals surface area contributed by atoms with Crippen LogP contribution < -0.4 is 5.32 Å². The van der Waals surface area contributed by atoms with Crippen molar-refractivity contribution in [2.45, 2.75) is 31.6 Å². The number of sulfone groups is 1. The van der Waals surface area contributed by atoms with Gasteiger partial charge in [0.15, 0.2) is 9.84 Å². The van der Waals surface area contributed by atoms with Crippen molar-refractivity contribution < 1.29 is 13.2 Å². The first-order chi connectivity index (χ1) is 10.3. The SMILES string of the molecule is CCCc1cc(C(=O)Nc2cccc(S(C)(=O)=O)c2)sc1C. The molecule has 0 atom stereocenters. The number of benzene rings is 1. The minimum Gasteiger partial charge on any atom is -0.321 e. The third kappa shape index (κ3) is 3.96. The third-order valence-corrected chi connectivity index (χ3v) is 5.49. The van der Waals surface area contributed by atoms with Gasteiger partial charge in [0.1, 0.15) is 0 Å². The zero-order valence-electron chi connectivity index (χ0n) is 12.8. The molecular formula is C16H19NO3S2. The molecule has 1 N–H and O–H groups in total. The van der Waals surface area contributed by atoms with Crippen molar-refractivity contribution in [3.05, 3.63) is 45.6 Å². The number of amides is 1. The van der Waals surface area contributed by atoms with Crippen LogP contribution in [0.25, 0.3) is 0 Å². The van der Waals surface area contributed by atoms with E-state index in [9.17, 15) is 13.2 Å². The molecule has 6 heteroatoms. The summed E-state index contributed by atoms with van der Waals surface area (Å²) in [6.07, 6.45) is 3.14. The first-order valence-corrected chi connectivity index (χ1v) is 9.73. The molecule has 118 valence electrons. The van der Waals surface area contributed by atoms with E-state index in [0.717, 1.165) is 24.0 Å². The second-order valence-corrected chi connectivity index (χ2v) is 8.47. The molecule has 0 unspecified atom stereocenters. The molecule has 1 amide bonds. The average molecular weight is 337 g/mol. The molecule has 2 rings (SSSR count). The van der Waals surface area contributed by atoms with E-state index in [1.165, 1.54) is 29.0 Å². The van der Waals surface area contributed by atoms with E-state index in [4.69, 9.17) is 0 Å². The first-order valence-electron chi connectivity index (χ1n) is 7.02. The molecule has 0 fully saturated rings. The van der Waals surface area contributed by atoms with Gasteiger partial charge in [-0.3, -0.25) is 4.79 Å². The quantitative estimate of drug-likeness (QED) is 0.905. The summed E-state index contributed by atoms with van der Waals surface area (Å²) < 4.78 is 23.1. The Kier molecular flexibility index (Phi) is 5.03. The summed E-state index contributed by atoms with van der Waals surface area (Å²) in [7, 11) is -3.28. The van der Waals surface area contributed by atoms with Crippen molar-refractivity contribution in [1.29, 1.82) is 0 Å². The molecule has 22 heavy (non-hydrogen) atoms. The van der Waals surface area contributed by atoms with Crippen molar-refractivity contribution in [2.75, 3.05) is 11.6 Å². The monoisotopic (exact) mass is 337 g/mol. The van der Waals surface area contributed by atoms with E-state index < -0.39 is 9.84 Å². The van der Waals surface area contributed by atoms with Gasteiger partial charge in [0.25, 0.3) is 5.91 Å². The minimum atomic E-state index is -3.28. The summed E-state index contributed by atoms with van der Waals surface area (Å²) >= 11 is 1.46. The number of aryl methyl sites for hydroxylation is 2. The normalized spacial score (nSPS) is 11.4. The lowest BCUT2D eigenvalue weighted by atomic mass is 10.1. The van der Waals surface area contributed by atoms with Crippen LogP contribution in [0.1, 0.15) is 33.5 Å².